The Labute approximate surface area is 70.6 Å². The zero-order valence-electron chi connectivity index (χ0n) is 6.73. The van der Waals surface area contributed by atoms with Crippen LogP contribution in [0.25, 0.3) is 0 Å². The van der Waals surface area contributed by atoms with Gasteiger partial charge in [-0.15, -0.1) is 0 Å². The largest absolute Gasteiger partial charge is 0.285 e. The summed E-state index contributed by atoms with van der Waals surface area (Å²) < 4.78 is 0. The van der Waals surface area contributed by atoms with E-state index in [-0.39, 0.29) is 11.9 Å². The minimum Gasteiger partial charge on any atom is -0.285 e. The maximum Gasteiger partial charge on any atom is 0.246 e. The van der Waals surface area contributed by atoms with Crippen molar-refractivity contribution in [2.45, 2.75) is 25.3 Å². The molecule has 12 heavy (non-hydrogen) atoms. The molecule has 0 bridgehead atoms. The van der Waals surface area contributed by atoms with Gasteiger partial charge in [-0.05, 0) is 18.3 Å². The molecular formula is C9H11NO2. The van der Waals surface area contributed by atoms with Crippen LogP contribution in [0.5, 0.6) is 0 Å². The average Bonchev–Trinajstić information content (AvgIpc) is 2.67. The van der Waals surface area contributed by atoms with Gasteiger partial charge in [0, 0.05) is 12.3 Å². The summed E-state index contributed by atoms with van der Waals surface area (Å²) in [5.41, 5.74) is 0.303. The molecule has 1 saturated carbocycles. The third-order valence-corrected chi connectivity index (χ3v) is 3.54. The molecule has 3 aliphatic rings. The summed E-state index contributed by atoms with van der Waals surface area (Å²) >= 11 is 0. The molecule has 64 valence electrons. The maximum atomic E-state index is 11.1. The van der Waals surface area contributed by atoms with Gasteiger partial charge in [0.05, 0.1) is 6.04 Å². The molecule has 0 aromatic carbocycles. The fraction of sp³-hybridized carbons (Fsp3) is 0.667. The van der Waals surface area contributed by atoms with Crippen LogP contribution in [0, 0.1) is 11.3 Å². The Morgan fingerprint density at radius 1 is 1.58 bits per heavy atom. The number of carbonyl (C=O) groups excluding carboxylic acids is 1. The molecule has 0 aromatic rings. The molecule has 2 fully saturated rings. The van der Waals surface area contributed by atoms with E-state index < -0.39 is 0 Å². The quantitative estimate of drug-likeness (QED) is 0.428. The van der Waals surface area contributed by atoms with Crippen molar-refractivity contribution in [2.24, 2.45) is 11.3 Å². The van der Waals surface area contributed by atoms with Crippen molar-refractivity contribution in [3.05, 3.63) is 12.2 Å². The number of amides is 1. The highest BCUT2D eigenvalue weighted by atomic mass is 16.5. The number of fused-ring (bicyclic) bond motifs is 2. The number of carbonyl (C=O) groups is 1. The standard InChI is InChI=1S/C9H11NO2/c11-8-5-6-7(10(8)12)1-2-9(6)3-4-9/h1-2,6-7,12H,3-5H2. The molecule has 0 radical (unpaired) electrons. The second-order valence-electron chi connectivity index (χ2n) is 4.13. The van der Waals surface area contributed by atoms with Crippen molar-refractivity contribution < 1.29 is 10.0 Å². The average molecular weight is 165 g/mol. The molecular weight excluding hydrogens is 154 g/mol. The minimum atomic E-state index is -0.111. The zero-order valence-corrected chi connectivity index (χ0v) is 6.73. The van der Waals surface area contributed by atoms with Crippen LogP contribution in [-0.2, 0) is 4.79 Å². The normalized spacial score (nSPS) is 41.1. The first-order valence-corrected chi connectivity index (χ1v) is 4.43. The van der Waals surface area contributed by atoms with Gasteiger partial charge in [0.15, 0.2) is 0 Å². The predicted molar refractivity (Wildman–Crippen MR) is 41.3 cm³/mol. The Hall–Kier alpha value is -0.830. The highest BCUT2D eigenvalue weighted by Gasteiger charge is 2.58. The summed E-state index contributed by atoms with van der Waals surface area (Å²) in [4.78, 5) is 11.1. The molecule has 3 nitrogen and oxygen atoms in total. The number of allylic oxidation sites excluding steroid dienone is 1. The van der Waals surface area contributed by atoms with Crippen LogP contribution < -0.4 is 0 Å². The van der Waals surface area contributed by atoms with Crippen molar-refractivity contribution in [3.8, 4) is 0 Å². The Morgan fingerprint density at radius 2 is 2.33 bits per heavy atom. The summed E-state index contributed by atoms with van der Waals surface area (Å²) in [6.45, 7) is 0. The van der Waals surface area contributed by atoms with Gasteiger partial charge in [0.25, 0.3) is 0 Å². The summed E-state index contributed by atoms with van der Waals surface area (Å²) in [5, 5.41) is 10.3. The Bertz CT molecular complexity index is 280. The Morgan fingerprint density at radius 3 is 3.00 bits per heavy atom. The lowest BCUT2D eigenvalue weighted by molar-refractivity contribution is -0.162. The second-order valence-corrected chi connectivity index (χ2v) is 4.13. The summed E-state index contributed by atoms with van der Waals surface area (Å²) in [6.07, 6.45) is 7.12. The van der Waals surface area contributed by atoms with E-state index in [1.807, 2.05) is 6.08 Å². The van der Waals surface area contributed by atoms with Crippen molar-refractivity contribution in [1.82, 2.24) is 5.06 Å². The lowest BCUT2D eigenvalue weighted by Gasteiger charge is -2.17. The number of nitrogens with zero attached hydrogens (tertiary/aromatic N) is 1. The van der Waals surface area contributed by atoms with E-state index in [0.29, 0.717) is 17.8 Å². The molecule has 1 spiro atoms. The lowest BCUT2D eigenvalue weighted by Crippen LogP contribution is -2.29. The fourth-order valence-electron chi connectivity index (χ4n) is 2.59. The first-order chi connectivity index (χ1) is 5.73. The third-order valence-electron chi connectivity index (χ3n) is 3.54. The van der Waals surface area contributed by atoms with E-state index in [9.17, 15) is 10.0 Å². The van der Waals surface area contributed by atoms with Crippen molar-refractivity contribution in [1.29, 1.82) is 0 Å². The molecule has 2 unspecified atom stereocenters. The van der Waals surface area contributed by atoms with Crippen LogP contribution in [0.2, 0.25) is 0 Å². The van der Waals surface area contributed by atoms with E-state index in [1.165, 1.54) is 12.8 Å². The predicted octanol–water partition coefficient (Wildman–Crippen LogP) is 0.943. The molecule has 1 aliphatic heterocycles. The Balaban J connectivity index is 1.97. The van der Waals surface area contributed by atoms with Gasteiger partial charge >= 0.3 is 0 Å². The summed E-state index contributed by atoms with van der Waals surface area (Å²) in [5.74, 6) is 0.260. The monoisotopic (exact) mass is 165 g/mol. The topological polar surface area (TPSA) is 40.5 Å². The second kappa shape index (κ2) is 1.74. The molecule has 2 aliphatic carbocycles. The van der Waals surface area contributed by atoms with Crippen LogP contribution in [0.15, 0.2) is 12.2 Å². The molecule has 0 aromatic heterocycles. The van der Waals surface area contributed by atoms with E-state index in [2.05, 4.69) is 6.08 Å². The van der Waals surface area contributed by atoms with E-state index in [0.717, 1.165) is 5.06 Å². The minimum absolute atomic E-state index is 0.0139. The van der Waals surface area contributed by atoms with Crippen molar-refractivity contribution in [2.75, 3.05) is 0 Å². The van der Waals surface area contributed by atoms with Gasteiger partial charge < -0.3 is 0 Å². The fourth-order valence-corrected chi connectivity index (χ4v) is 2.59. The maximum absolute atomic E-state index is 11.1. The number of hydroxylamine groups is 2. The van der Waals surface area contributed by atoms with Gasteiger partial charge in [-0.1, -0.05) is 12.2 Å². The smallest absolute Gasteiger partial charge is 0.246 e. The number of hydrogen-bond donors (Lipinski definition) is 1. The van der Waals surface area contributed by atoms with Crippen LogP contribution in [0.1, 0.15) is 19.3 Å². The van der Waals surface area contributed by atoms with E-state index in [4.69, 9.17) is 0 Å². The lowest BCUT2D eigenvalue weighted by atomic mass is 9.89. The van der Waals surface area contributed by atoms with Crippen LogP contribution in [0.3, 0.4) is 0 Å². The zero-order chi connectivity index (χ0) is 8.34. The molecule has 3 heteroatoms. The molecule has 1 N–H and O–H groups in total. The Kier molecular flexibility index (Phi) is 0.966. The van der Waals surface area contributed by atoms with Crippen LogP contribution in [0.4, 0.5) is 0 Å². The van der Waals surface area contributed by atoms with Crippen molar-refractivity contribution >= 4 is 5.91 Å². The van der Waals surface area contributed by atoms with E-state index in [1.54, 1.807) is 0 Å². The molecule has 1 heterocycles. The number of hydrogen-bond acceptors (Lipinski definition) is 2. The van der Waals surface area contributed by atoms with Gasteiger partial charge in [0.2, 0.25) is 5.91 Å². The van der Waals surface area contributed by atoms with E-state index >= 15 is 0 Å². The number of rotatable bonds is 0. The van der Waals surface area contributed by atoms with Gasteiger partial charge in [-0.3, -0.25) is 10.0 Å². The first-order valence-electron chi connectivity index (χ1n) is 4.43. The highest BCUT2D eigenvalue weighted by Crippen LogP contribution is 2.61. The SMILES string of the molecule is O=C1CC2C(C=CC23CC3)N1O. The molecule has 3 rings (SSSR count). The molecule has 2 atom stereocenters. The van der Waals surface area contributed by atoms with Gasteiger partial charge in [-0.25, -0.2) is 5.06 Å². The van der Waals surface area contributed by atoms with Crippen LogP contribution >= 0.6 is 0 Å². The van der Waals surface area contributed by atoms with Gasteiger partial charge in [-0.2, -0.15) is 0 Å². The van der Waals surface area contributed by atoms with Crippen LogP contribution in [-0.4, -0.2) is 22.2 Å². The molecule has 1 saturated heterocycles. The highest BCUT2D eigenvalue weighted by molar-refractivity contribution is 5.79. The van der Waals surface area contributed by atoms with Gasteiger partial charge in [0.1, 0.15) is 0 Å². The molecule has 1 amide bonds. The van der Waals surface area contributed by atoms with Crippen molar-refractivity contribution in [3.63, 3.8) is 0 Å². The third kappa shape index (κ3) is 0.591. The summed E-state index contributed by atoms with van der Waals surface area (Å²) in [7, 11) is 0. The first kappa shape index (κ1) is 6.66. The summed E-state index contributed by atoms with van der Waals surface area (Å²) in [6, 6.07) is -0.0139.